The summed E-state index contributed by atoms with van der Waals surface area (Å²) in [6.07, 6.45) is 3.06. The zero-order valence-corrected chi connectivity index (χ0v) is 16.1. The summed E-state index contributed by atoms with van der Waals surface area (Å²) in [5.74, 6) is -1.14. The molecule has 2 N–H and O–H groups in total. The summed E-state index contributed by atoms with van der Waals surface area (Å²) in [5.41, 5.74) is 1.34. The maximum atomic E-state index is 13.0. The van der Waals surface area contributed by atoms with Crippen LogP contribution in [0.4, 0.5) is 10.5 Å². The van der Waals surface area contributed by atoms with Gasteiger partial charge in [0.05, 0.1) is 18.2 Å². The van der Waals surface area contributed by atoms with Crippen molar-refractivity contribution in [1.29, 1.82) is 0 Å². The molecule has 0 saturated heterocycles. The molecule has 1 aromatic carbocycles. The lowest BCUT2D eigenvalue weighted by Gasteiger charge is -2.47. The van der Waals surface area contributed by atoms with Crippen LogP contribution in [0.1, 0.15) is 56.6 Å². The van der Waals surface area contributed by atoms with E-state index in [1.54, 1.807) is 12.1 Å². The average molecular weight is 407 g/mol. The van der Waals surface area contributed by atoms with Crippen LogP contribution in [0, 0.1) is 5.92 Å². The summed E-state index contributed by atoms with van der Waals surface area (Å²) < 4.78 is 0. The van der Waals surface area contributed by atoms with Crippen molar-refractivity contribution in [3.05, 3.63) is 28.8 Å². The molecule has 4 rings (SSSR count). The van der Waals surface area contributed by atoms with Gasteiger partial charge in [0.1, 0.15) is 0 Å². The van der Waals surface area contributed by atoms with E-state index in [4.69, 9.17) is 16.7 Å². The molecule has 1 aromatic rings. The van der Waals surface area contributed by atoms with Crippen LogP contribution >= 0.6 is 11.6 Å². The molecule has 0 aromatic heterocycles. The van der Waals surface area contributed by atoms with Gasteiger partial charge in [-0.1, -0.05) is 24.1 Å². The Hall–Kier alpha value is -2.28. The number of benzene rings is 1. The minimum absolute atomic E-state index is 0.0131. The number of nitrogens with zero attached hydrogens (tertiary/aromatic N) is 2. The number of fused-ring (bicyclic) bond motifs is 2. The van der Waals surface area contributed by atoms with Gasteiger partial charge in [-0.05, 0) is 43.4 Å². The van der Waals surface area contributed by atoms with Crippen LogP contribution in [0.25, 0.3) is 0 Å². The molecule has 28 heavy (non-hydrogen) atoms. The van der Waals surface area contributed by atoms with E-state index in [1.807, 2.05) is 11.0 Å². The number of aliphatic carboxylic acids is 1. The third-order valence-corrected chi connectivity index (χ3v) is 6.36. The molecule has 0 spiro atoms. The Balaban J connectivity index is 1.78. The topological polar surface area (TPSA) is 98.2 Å². The average Bonchev–Trinajstić information content (AvgIpc) is 3.35. The third-order valence-electron chi connectivity index (χ3n) is 6.13. The predicted octanol–water partition coefficient (Wildman–Crippen LogP) is 3.90. The van der Waals surface area contributed by atoms with Gasteiger partial charge < -0.3 is 15.1 Å². The summed E-state index contributed by atoms with van der Waals surface area (Å²) >= 11 is 6.17. The summed E-state index contributed by atoms with van der Waals surface area (Å²) in [7, 11) is 0. The molecule has 2 fully saturated rings. The molecule has 1 aliphatic heterocycles. The van der Waals surface area contributed by atoms with Crippen molar-refractivity contribution in [3.8, 4) is 0 Å². The molecule has 3 aliphatic rings. The van der Waals surface area contributed by atoms with Crippen LogP contribution in [0.3, 0.4) is 0 Å². The Labute approximate surface area is 167 Å². The highest BCUT2D eigenvalue weighted by molar-refractivity contribution is 6.31. The highest BCUT2D eigenvalue weighted by Crippen LogP contribution is 2.53. The van der Waals surface area contributed by atoms with Gasteiger partial charge in [0.15, 0.2) is 0 Å². The first kappa shape index (κ1) is 19.1. The first-order valence-corrected chi connectivity index (χ1v) is 10.1. The lowest BCUT2D eigenvalue weighted by molar-refractivity contribution is -0.142. The van der Waals surface area contributed by atoms with E-state index in [1.165, 1.54) is 4.90 Å². The molecule has 0 radical (unpaired) electrons. The summed E-state index contributed by atoms with van der Waals surface area (Å²) in [4.78, 5) is 39.3. The fraction of sp³-hybridized carbons (Fsp3) is 0.550. The molecule has 150 valence electrons. The Morgan fingerprint density at radius 1 is 1.11 bits per heavy atom. The highest BCUT2D eigenvalue weighted by atomic mass is 35.5. The van der Waals surface area contributed by atoms with Gasteiger partial charge >= 0.3 is 12.1 Å². The van der Waals surface area contributed by atoms with E-state index in [0.717, 1.165) is 37.7 Å². The minimum atomic E-state index is -1.01. The molecular weight excluding hydrogens is 384 g/mol. The second-order valence-electron chi connectivity index (χ2n) is 7.89. The quantitative estimate of drug-likeness (QED) is 0.772. The zero-order chi connectivity index (χ0) is 20.0. The number of carboxylic acids is 1. The van der Waals surface area contributed by atoms with Crippen LogP contribution in [0.5, 0.6) is 0 Å². The second-order valence-corrected chi connectivity index (χ2v) is 8.33. The molecule has 1 heterocycles. The molecule has 2 saturated carbocycles. The highest BCUT2D eigenvalue weighted by Gasteiger charge is 2.51. The van der Waals surface area contributed by atoms with Crippen molar-refractivity contribution in [1.82, 2.24) is 4.90 Å². The number of hydrogen-bond acceptors (Lipinski definition) is 3. The second kappa shape index (κ2) is 7.28. The first-order valence-electron chi connectivity index (χ1n) is 9.73. The summed E-state index contributed by atoms with van der Waals surface area (Å²) in [6, 6.07) is 4.90. The standard InChI is InChI=1S/C20H23ClN2O5/c21-11-4-7-14-16(10-11)23(20(27)28)15-3-1-2-13(15)19(14)22(12-5-6-12)17(24)8-9-18(25)26/h4,7,10,12-13,15,19H,1-3,5-6,8-9H2,(H,25,26)(H,27,28)/t13-,15+,19?/m0/s1. The smallest absolute Gasteiger partial charge is 0.412 e. The molecule has 2 aliphatic carbocycles. The summed E-state index contributed by atoms with van der Waals surface area (Å²) in [5, 5.41) is 19.3. The van der Waals surface area contributed by atoms with Crippen molar-refractivity contribution >= 4 is 35.3 Å². The number of anilines is 1. The van der Waals surface area contributed by atoms with E-state index >= 15 is 0 Å². The SMILES string of the molecule is O=C(O)CCC(=O)N(C1CC1)C1c2ccc(Cl)cc2N(C(=O)O)[C@@H]2CCC[C@H]12. The number of amides is 2. The first-order chi connectivity index (χ1) is 13.4. The van der Waals surface area contributed by atoms with Crippen molar-refractivity contribution < 1.29 is 24.6 Å². The number of carboxylic acid groups (broad SMARTS) is 2. The molecule has 7 nitrogen and oxygen atoms in total. The van der Waals surface area contributed by atoms with Crippen molar-refractivity contribution in [2.24, 2.45) is 5.92 Å². The molecule has 1 unspecified atom stereocenters. The van der Waals surface area contributed by atoms with Crippen molar-refractivity contribution in [2.75, 3.05) is 4.90 Å². The molecule has 8 heteroatoms. The van der Waals surface area contributed by atoms with Gasteiger partial charge in [-0.3, -0.25) is 14.5 Å². The van der Waals surface area contributed by atoms with E-state index in [2.05, 4.69) is 0 Å². The number of carbonyl (C=O) groups excluding carboxylic acids is 1. The fourth-order valence-electron chi connectivity index (χ4n) is 4.93. The monoisotopic (exact) mass is 406 g/mol. The van der Waals surface area contributed by atoms with Crippen molar-refractivity contribution in [3.63, 3.8) is 0 Å². The Bertz CT molecular complexity index is 825. The van der Waals surface area contributed by atoms with E-state index in [9.17, 15) is 19.5 Å². The lowest BCUT2D eigenvalue weighted by atomic mass is 9.81. The minimum Gasteiger partial charge on any atom is -0.481 e. The lowest BCUT2D eigenvalue weighted by Crippen LogP contribution is -2.52. The maximum absolute atomic E-state index is 13.0. The van der Waals surface area contributed by atoms with Gasteiger partial charge in [0, 0.05) is 29.4 Å². The van der Waals surface area contributed by atoms with E-state index < -0.39 is 12.1 Å². The maximum Gasteiger partial charge on any atom is 0.412 e. The largest absolute Gasteiger partial charge is 0.481 e. The zero-order valence-electron chi connectivity index (χ0n) is 15.4. The molecule has 0 bridgehead atoms. The van der Waals surface area contributed by atoms with Crippen LogP contribution in [-0.2, 0) is 9.59 Å². The molecule has 3 atom stereocenters. The summed E-state index contributed by atoms with van der Waals surface area (Å²) in [6.45, 7) is 0. The van der Waals surface area contributed by atoms with E-state index in [0.29, 0.717) is 10.7 Å². The van der Waals surface area contributed by atoms with E-state index in [-0.39, 0.29) is 42.8 Å². The van der Waals surface area contributed by atoms with Gasteiger partial charge in [-0.2, -0.15) is 0 Å². The number of rotatable bonds is 5. The van der Waals surface area contributed by atoms with Crippen LogP contribution in [0.2, 0.25) is 5.02 Å². The number of halogens is 1. The fourth-order valence-corrected chi connectivity index (χ4v) is 5.09. The molecule has 2 amide bonds. The Kier molecular flexibility index (Phi) is 4.95. The van der Waals surface area contributed by atoms with Crippen molar-refractivity contribution in [2.45, 2.75) is 63.1 Å². The van der Waals surface area contributed by atoms with Gasteiger partial charge in [0.25, 0.3) is 0 Å². The third kappa shape index (κ3) is 3.32. The van der Waals surface area contributed by atoms with Crippen LogP contribution in [-0.4, -0.2) is 45.2 Å². The number of carbonyl (C=O) groups is 3. The Morgan fingerprint density at radius 3 is 2.50 bits per heavy atom. The van der Waals surface area contributed by atoms with Crippen LogP contribution in [0.15, 0.2) is 18.2 Å². The Morgan fingerprint density at radius 2 is 1.86 bits per heavy atom. The van der Waals surface area contributed by atoms with Crippen LogP contribution < -0.4 is 4.90 Å². The van der Waals surface area contributed by atoms with Gasteiger partial charge in [0.2, 0.25) is 5.91 Å². The van der Waals surface area contributed by atoms with Gasteiger partial charge in [-0.25, -0.2) is 4.79 Å². The predicted molar refractivity (Wildman–Crippen MR) is 103 cm³/mol. The van der Waals surface area contributed by atoms with Gasteiger partial charge in [-0.15, -0.1) is 0 Å². The normalized spacial score (nSPS) is 25.8. The molecular formula is C20H23ClN2O5. The number of hydrogen-bond donors (Lipinski definition) is 2.